The zero-order valence-electron chi connectivity index (χ0n) is 12.8. The van der Waals surface area contributed by atoms with Crippen LogP contribution in [0.2, 0.25) is 0 Å². The molecule has 3 nitrogen and oxygen atoms in total. The molecule has 0 saturated carbocycles. The van der Waals surface area contributed by atoms with Crippen molar-refractivity contribution >= 4 is 17.5 Å². The van der Waals surface area contributed by atoms with Gasteiger partial charge in [0.05, 0.1) is 0 Å². The smallest absolute Gasteiger partial charge is 0.240 e. The maximum absolute atomic E-state index is 13.2. The van der Waals surface area contributed by atoms with Gasteiger partial charge in [0.25, 0.3) is 0 Å². The molecule has 0 fully saturated rings. The van der Waals surface area contributed by atoms with E-state index < -0.39 is 4.93 Å². The monoisotopic (exact) mass is 336 g/mol. The van der Waals surface area contributed by atoms with Gasteiger partial charge in [0.2, 0.25) is 10.7 Å². The van der Waals surface area contributed by atoms with Gasteiger partial charge in [-0.1, -0.05) is 90.6 Å². The minimum Gasteiger partial charge on any atom is -0.289 e. The van der Waals surface area contributed by atoms with Gasteiger partial charge in [0, 0.05) is 16.0 Å². The first-order chi connectivity index (χ1) is 11.8. The molecule has 3 aromatic rings. The van der Waals surface area contributed by atoms with Gasteiger partial charge >= 0.3 is 0 Å². The van der Waals surface area contributed by atoms with Gasteiger partial charge < -0.3 is 0 Å². The first-order valence-corrected chi connectivity index (χ1v) is 8.30. The topological polar surface area (TPSA) is 46.5 Å². The fourth-order valence-electron chi connectivity index (χ4n) is 2.44. The van der Waals surface area contributed by atoms with Crippen LogP contribution in [0.4, 0.5) is 0 Å². The van der Waals surface area contributed by atoms with E-state index in [9.17, 15) is 10.1 Å². The van der Waals surface area contributed by atoms with Gasteiger partial charge in [-0.2, -0.15) is 0 Å². The third kappa shape index (κ3) is 3.26. The summed E-state index contributed by atoms with van der Waals surface area (Å²) < 4.78 is 0. The summed E-state index contributed by atoms with van der Waals surface area (Å²) in [5, 5.41) is 9.78. The first kappa shape index (κ1) is 16.5. The molecule has 3 rings (SSSR count). The number of benzene rings is 3. The van der Waals surface area contributed by atoms with Crippen LogP contribution in [0.1, 0.15) is 15.9 Å². The largest absolute Gasteiger partial charge is 0.289 e. The molecule has 0 spiro atoms. The standard InChI is InChI=1S/C20H16O3S/c21-19(16-10-4-1-5-11-16)20(23-22,17-12-6-2-7-13-17)24-18-14-8-3-9-15-18/h1-15,22H. The van der Waals surface area contributed by atoms with E-state index in [0.717, 1.165) is 4.90 Å². The number of hydrogen-bond acceptors (Lipinski definition) is 4. The third-order valence-electron chi connectivity index (χ3n) is 3.62. The van der Waals surface area contributed by atoms with Crippen LogP contribution in [0, 0.1) is 0 Å². The molecule has 24 heavy (non-hydrogen) atoms. The SMILES string of the molecule is O=C(c1ccccc1)C(OO)(Sc1ccccc1)c1ccccc1. The van der Waals surface area contributed by atoms with E-state index >= 15 is 0 Å². The highest BCUT2D eigenvalue weighted by molar-refractivity contribution is 8.00. The number of thioether (sulfide) groups is 1. The molecular weight excluding hydrogens is 320 g/mol. The van der Waals surface area contributed by atoms with E-state index in [2.05, 4.69) is 0 Å². The van der Waals surface area contributed by atoms with Crippen LogP contribution in [0.3, 0.4) is 0 Å². The number of rotatable bonds is 6. The second-order valence-corrected chi connectivity index (χ2v) is 6.43. The molecule has 1 atom stereocenters. The van der Waals surface area contributed by atoms with Gasteiger partial charge in [-0.25, -0.2) is 10.1 Å². The lowest BCUT2D eigenvalue weighted by Gasteiger charge is -2.28. The highest BCUT2D eigenvalue weighted by Crippen LogP contribution is 2.44. The van der Waals surface area contributed by atoms with E-state index in [1.54, 1.807) is 36.4 Å². The Morgan fingerprint density at radius 3 is 1.83 bits per heavy atom. The third-order valence-corrected chi connectivity index (χ3v) is 4.91. The van der Waals surface area contributed by atoms with E-state index in [1.807, 2.05) is 54.6 Å². The number of ketones is 1. The van der Waals surface area contributed by atoms with Crippen LogP contribution in [0.25, 0.3) is 0 Å². The zero-order valence-corrected chi connectivity index (χ0v) is 13.6. The lowest BCUT2D eigenvalue weighted by atomic mass is 9.99. The Balaban J connectivity index is 2.11. The van der Waals surface area contributed by atoms with Gasteiger partial charge in [-0.05, 0) is 12.1 Å². The van der Waals surface area contributed by atoms with Crippen LogP contribution in [0.5, 0.6) is 0 Å². The molecule has 0 aliphatic heterocycles. The van der Waals surface area contributed by atoms with Gasteiger partial charge in [-0.15, -0.1) is 0 Å². The predicted octanol–water partition coefficient (Wildman–Crippen LogP) is 5.00. The average molecular weight is 336 g/mol. The molecule has 1 N–H and O–H groups in total. The van der Waals surface area contributed by atoms with E-state index in [4.69, 9.17) is 4.89 Å². The highest BCUT2D eigenvalue weighted by atomic mass is 32.2. The molecule has 0 saturated heterocycles. The molecule has 3 aromatic carbocycles. The Bertz CT molecular complexity index is 791. The zero-order chi connectivity index (χ0) is 16.8. The number of carbonyl (C=O) groups is 1. The van der Waals surface area contributed by atoms with E-state index in [0.29, 0.717) is 11.1 Å². The fourth-order valence-corrected chi connectivity index (χ4v) is 3.57. The number of Topliss-reactive ketones (excluding diaryl/α,β-unsaturated/α-hetero) is 1. The molecule has 0 radical (unpaired) electrons. The molecule has 0 bridgehead atoms. The Kier molecular flexibility index (Phi) is 5.11. The van der Waals surface area contributed by atoms with Gasteiger partial charge in [0.15, 0.2) is 0 Å². The van der Waals surface area contributed by atoms with Crippen LogP contribution >= 0.6 is 11.8 Å². The second kappa shape index (κ2) is 7.45. The molecule has 0 aliphatic rings. The van der Waals surface area contributed by atoms with Crippen molar-refractivity contribution in [2.75, 3.05) is 0 Å². The first-order valence-electron chi connectivity index (χ1n) is 7.48. The van der Waals surface area contributed by atoms with Crippen molar-refractivity contribution in [3.8, 4) is 0 Å². The fraction of sp³-hybridized carbons (Fsp3) is 0.0500. The van der Waals surface area contributed by atoms with E-state index in [-0.39, 0.29) is 5.78 Å². The molecule has 0 aliphatic carbocycles. The number of carbonyl (C=O) groups excluding carboxylic acids is 1. The van der Waals surface area contributed by atoms with Crippen LogP contribution in [-0.2, 0) is 9.82 Å². The summed E-state index contributed by atoms with van der Waals surface area (Å²) in [6, 6.07) is 27.3. The van der Waals surface area contributed by atoms with E-state index in [1.165, 1.54) is 11.8 Å². The van der Waals surface area contributed by atoms with Gasteiger partial charge in [0.1, 0.15) is 0 Å². The van der Waals surface area contributed by atoms with Crippen molar-refractivity contribution in [1.29, 1.82) is 0 Å². The van der Waals surface area contributed by atoms with Crippen molar-refractivity contribution in [3.05, 3.63) is 102 Å². The summed E-state index contributed by atoms with van der Waals surface area (Å²) in [6.07, 6.45) is 0. The van der Waals surface area contributed by atoms with Crippen molar-refractivity contribution in [2.45, 2.75) is 9.83 Å². The molecular formula is C20H16O3S. The van der Waals surface area contributed by atoms with Crippen LogP contribution < -0.4 is 0 Å². The van der Waals surface area contributed by atoms with Crippen molar-refractivity contribution < 1.29 is 14.9 Å². The summed E-state index contributed by atoms with van der Waals surface area (Å²) in [6.45, 7) is 0. The van der Waals surface area contributed by atoms with Crippen molar-refractivity contribution in [2.24, 2.45) is 0 Å². The van der Waals surface area contributed by atoms with Crippen molar-refractivity contribution in [1.82, 2.24) is 0 Å². The Morgan fingerprint density at radius 1 is 0.792 bits per heavy atom. The molecule has 4 heteroatoms. The van der Waals surface area contributed by atoms with Crippen LogP contribution in [0.15, 0.2) is 95.9 Å². The quantitative estimate of drug-likeness (QED) is 0.226. The summed E-state index contributed by atoms with van der Waals surface area (Å²) in [7, 11) is 0. The minimum atomic E-state index is -1.57. The lowest BCUT2D eigenvalue weighted by Crippen LogP contribution is -2.35. The molecule has 120 valence electrons. The van der Waals surface area contributed by atoms with Gasteiger partial charge in [-0.3, -0.25) is 4.79 Å². The maximum atomic E-state index is 13.2. The number of hydrogen-bond donors (Lipinski definition) is 1. The normalized spacial score (nSPS) is 13.2. The maximum Gasteiger partial charge on any atom is 0.240 e. The Morgan fingerprint density at radius 2 is 1.29 bits per heavy atom. The Hall–Kier alpha value is -2.40. The summed E-state index contributed by atoms with van der Waals surface area (Å²) in [4.78, 5) is 17.3. The summed E-state index contributed by atoms with van der Waals surface area (Å²) >= 11 is 1.17. The highest BCUT2D eigenvalue weighted by Gasteiger charge is 2.44. The molecule has 0 amide bonds. The second-order valence-electron chi connectivity index (χ2n) is 5.18. The minimum absolute atomic E-state index is 0.314. The average Bonchev–Trinajstić information content (AvgIpc) is 2.68. The summed E-state index contributed by atoms with van der Waals surface area (Å²) in [5.41, 5.74) is 1.05. The lowest BCUT2D eigenvalue weighted by molar-refractivity contribution is -0.280. The van der Waals surface area contributed by atoms with Crippen LogP contribution in [-0.4, -0.2) is 11.0 Å². The molecule has 0 aromatic heterocycles. The molecule has 0 heterocycles. The molecule has 1 unspecified atom stereocenters. The Labute approximate surface area is 144 Å². The predicted molar refractivity (Wildman–Crippen MR) is 94.9 cm³/mol. The summed E-state index contributed by atoms with van der Waals surface area (Å²) in [5.74, 6) is -0.314. The van der Waals surface area contributed by atoms with Crippen molar-refractivity contribution in [3.63, 3.8) is 0 Å².